The summed E-state index contributed by atoms with van der Waals surface area (Å²) >= 11 is 0. The standard InChI is InChI=1S/C20H15P/c1-4-10-18(11-5-1)16-17-21(19-12-6-2-7-13-19)20-14-8-3-9-15-20/h1-15H. The van der Waals surface area contributed by atoms with Crippen molar-refractivity contribution in [1.82, 2.24) is 0 Å². The second kappa shape index (κ2) is 6.89. The maximum atomic E-state index is 3.48. The Bertz CT molecular complexity index is 698. The zero-order valence-electron chi connectivity index (χ0n) is 11.6. The molecule has 0 nitrogen and oxygen atoms in total. The Labute approximate surface area is 127 Å². The fourth-order valence-corrected chi connectivity index (χ4v) is 3.81. The first-order chi connectivity index (χ1) is 10.4. The molecule has 0 aliphatic carbocycles. The summed E-state index contributed by atoms with van der Waals surface area (Å²) < 4.78 is 0. The predicted octanol–water partition coefficient (Wildman–Crippen LogP) is 4.13. The van der Waals surface area contributed by atoms with Gasteiger partial charge in [-0.3, -0.25) is 0 Å². The van der Waals surface area contributed by atoms with Crippen molar-refractivity contribution in [2.24, 2.45) is 0 Å². The van der Waals surface area contributed by atoms with Crippen LogP contribution in [-0.2, 0) is 0 Å². The van der Waals surface area contributed by atoms with Gasteiger partial charge in [0, 0.05) is 13.5 Å². The Morgan fingerprint density at radius 3 is 1.43 bits per heavy atom. The fourth-order valence-electron chi connectivity index (χ4n) is 2.07. The first kappa shape index (κ1) is 13.6. The smallest absolute Gasteiger partial charge is 0.0348 e. The zero-order valence-corrected chi connectivity index (χ0v) is 12.5. The molecule has 0 aromatic heterocycles. The topological polar surface area (TPSA) is 0 Å². The van der Waals surface area contributed by atoms with Crippen LogP contribution < -0.4 is 10.6 Å². The molecule has 100 valence electrons. The van der Waals surface area contributed by atoms with Gasteiger partial charge in [-0.15, -0.1) is 0 Å². The van der Waals surface area contributed by atoms with E-state index >= 15 is 0 Å². The molecule has 0 unspecified atom stereocenters. The lowest BCUT2D eigenvalue weighted by Gasteiger charge is -2.11. The van der Waals surface area contributed by atoms with Crippen molar-refractivity contribution in [3.8, 4) is 11.6 Å². The molecule has 0 N–H and O–H groups in total. The van der Waals surface area contributed by atoms with Crippen molar-refractivity contribution in [2.75, 3.05) is 0 Å². The minimum Gasteiger partial charge on any atom is -0.0622 e. The van der Waals surface area contributed by atoms with E-state index in [1.807, 2.05) is 30.3 Å². The molecule has 0 saturated heterocycles. The SMILES string of the molecule is C(#CP(c1ccccc1)c1ccccc1)c1ccccc1. The van der Waals surface area contributed by atoms with Crippen molar-refractivity contribution >= 4 is 18.5 Å². The van der Waals surface area contributed by atoms with Crippen LogP contribution in [0.25, 0.3) is 0 Å². The zero-order chi connectivity index (χ0) is 14.3. The summed E-state index contributed by atoms with van der Waals surface area (Å²) in [5.41, 5.74) is 4.55. The van der Waals surface area contributed by atoms with Crippen molar-refractivity contribution < 1.29 is 0 Å². The first-order valence-electron chi connectivity index (χ1n) is 6.90. The lowest BCUT2D eigenvalue weighted by Crippen LogP contribution is -2.09. The Balaban J connectivity index is 2.00. The minimum absolute atomic E-state index is 0.636. The maximum absolute atomic E-state index is 3.48. The van der Waals surface area contributed by atoms with Crippen LogP contribution in [0.4, 0.5) is 0 Å². The summed E-state index contributed by atoms with van der Waals surface area (Å²) in [5.74, 6) is 3.32. The average molecular weight is 286 g/mol. The number of hydrogen-bond acceptors (Lipinski definition) is 0. The molecule has 0 spiro atoms. The Hall–Kier alpha value is -2.35. The van der Waals surface area contributed by atoms with Crippen molar-refractivity contribution in [3.63, 3.8) is 0 Å². The molecule has 0 fully saturated rings. The molecular weight excluding hydrogens is 271 g/mol. The highest BCUT2D eigenvalue weighted by Crippen LogP contribution is 2.31. The molecule has 0 bridgehead atoms. The van der Waals surface area contributed by atoms with Gasteiger partial charge in [0.2, 0.25) is 0 Å². The number of rotatable bonds is 2. The van der Waals surface area contributed by atoms with Crippen LogP contribution in [0.3, 0.4) is 0 Å². The fraction of sp³-hybridized carbons (Fsp3) is 0. The first-order valence-corrected chi connectivity index (χ1v) is 8.24. The molecule has 0 aliphatic heterocycles. The molecule has 3 aromatic carbocycles. The van der Waals surface area contributed by atoms with Gasteiger partial charge in [-0.25, -0.2) is 0 Å². The minimum atomic E-state index is -0.636. The maximum Gasteiger partial charge on any atom is 0.0348 e. The van der Waals surface area contributed by atoms with Gasteiger partial charge in [0.15, 0.2) is 0 Å². The average Bonchev–Trinajstić information content (AvgIpc) is 2.58. The van der Waals surface area contributed by atoms with E-state index < -0.39 is 7.92 Å². The third-order valence-electron chi connectivity index (χ3n) is 3.11. The van der Waals surface area contributed by atoms with Crippen LogP contribution in [0, 0.1) is 11.6 Å². The monoisotopic (exact) mass is 286 g/mol. The molecule has 1 heteroatoms. The second-order valence-corrected chi connectivity index (χ2v) is 6.54. The van der Waals surface area contributed by atoms with Crippen LogP contribution in [0.2, 0.25) is 0 Å². The van der Waals surface area contributed by atoms with E-state index in [4.69, 9.17) is 0 Å². The molecule has 0 atom stereocenters. The largest absolute Gasteiger partial charge is 0.0622 e. The summed E-state index contributed by atoms with van der Waals surface area (Å²) in [4.78, 5) is 0. The van der Waals surface area contributed by atoms with E-state index in [-0.39, 0.29) is 0 Å². The van der Waals surface area contributed by atoms with Crippen LogP contribution in [-0.4, -0.2) is 0 Å². The van der Waals surface area contributed by atoms with Gasteiger partial charge in [0.1, 0.15) is 0 Å². The van der Waals surface area contributed by atoms with Crippen molar-refractivity contribution in [2.45, 2.75) is 0 Å². The third-order valence-corrected chi connectivity index (χ3v) is 5.08. The lowest BCUT2D eigenvalue weighted by atomic mass is 10.2. The highest BCUT2D eigenvalue weighted by atomic mass is 31.1. The summed E-state index contributed by atoms with van der Waals surface area (Å²) in [6, 6.07) is 31.3. The summed E-state index contributed by atoms with van der Waals surface area (Å²) in [5, 5.41) is 2.59. The van der Waals surface area contributed by atoms with Crippen LogP contribution in [0.5, 0.6) is 0 Å². The quantitative estimate of drug-likeness (QED) is 0.491. The van der Waals surface area contributed by atoms with Gasteiger partial charge in [-0.1, -0.05) is 90.4 Å². The van der Waals surface area contributed by atoms with E-state index in [0.717, 1.165) is 5.56 Å². The Morgan fingerprint density at radius 2 is 0.952 bits per heavy atom. The number of hydrogen-bond donors (Lipinski definition) is 0. The van der Waals surface area contributed by atoms with Crippen LogP contribution in [0.1, 0.15) is 5.56 Å². The van der Waals surface area contributed by atoms with Gasteiger partial charge in [0.25, 0.3) is 0 Å². The van der Waals surface area contributed by atoms with Gasteiger partial charge in [-0.2, -0.15) is 0 Å². The lowest BCUT2D eigenvalue weighted by molar-refractivity contribution is 1.65. The predicted molar refractivity (Wildman–Crippen MR) is 92.4 cm³/mol. The van der Waals surface area contributed by atoms with Gasteiger partial charge >= 0.3 is 0 Å². The second-order valence-electron chi connectivity index (χ2n) is 4.61. The molecule has 21 heavy (non-hydrogen) atoms. The highest BCUT2D eigenvalue weighted by Gasteiger charge is 2.10. The van der Waals surface area contributed by atoms with Crippen molar-refractivity contribution in [3.05, 3.63) is 96.6 Å². The van der Waals surface area contributed by atoms with E-state index in [1.54, 1.807) is 0 Å². The Kier molecular flexibility index (Phi) is 4.47. The number of benzene rings is 3. The third kappa shape index (κ3) is 3.60. The highest BCUT2D eigenvalue weighted by molar-refractivity contribution is 7.77. The summed E-state index contributed by atoms with van der Waals surface area (Å²) in [6.07, 6.45) is 0. The van der Waals surface area contributed by atoms with E-state index in [0.29, 0.717) is 0 Å². The van der Waals surface area contributed by atoms with Crippen LogP contribution >= 0.6 is 7.92 Å². The molecule has 0 heterocycles. The van der Waals surface area contributed by atoms with E-state index in [9.17, 15) is 0 Å². The molecule has 3 aromatic rings. The summed E-state index contributed by atoms with van der Waals surface area (Å²) in [6.45, 7) is 0. The molecule has 0 amide bonds. The van der Waals surface area contributed by atoms with Gasteiger partial charge in [0.05, 0.1) is 0 Å². The van der Waals surface area contributed by atoms with E-state index in [2.05, 4.69) is 72.2 Å². The van der Waals surface area contributed by atoms with Gasteiger partial charge in [-0.05, 0) is 22.7 Å². The summed E-state index contributed by atoms with van der Waals surface area (Å²) in [7, 11) is -0.636. The molecular formula is C20H15P. The molecule has 0 aliphatic rings. The molecule has 3 rings (SSSR count). The normalized spacial score (nSPS) is 9.95. The Morgan fingerprint density at radius 1 is 0.524 bits per heavy atom. The van der Waals surface area contributed by atoms with Gasteiger partial charge < -0.3 is 0 Å². The molecule has 0 saturated carbocycles. The van der Waals surface area contributed by atoms with Crippen LogP contribution in [0.15, 0.2) is 91.0 Å². The molecule has 0 radical (unpaired) electrons. The van der Waals surface area contributed by atoms with Crippen molar-refractivity contribution in [1.29, 1.82) is 0 Å². The van der Waals surface area contributed by atoms with E-state index in [1.165, 1.54) is 10.6 Å².